The minimum atomic E-state index is -3.61. The van der Waals surface area contributed by atoms with E-state index in [1.54, 1.807) is 12.1 Å². The molecule has 8 heteroatoms. The van der Waals surface area contributed by atoms with Gasteiger partial charge in [-0.2, -0.15) is 4.31 Å². The number of piperidine rings is 1. The number of carbonyl (C=O) groups excluding carboxylic acids is 2. The van der Waals surface area contributed by atoms with E-state index in [4.69, 9.17) is 0 Å². The average Bonchev–Trinajstić information content (AvgIpc) is 3.47. The zero-order chi connectivity index (χ0) is 19.7. The minimum absolute atomic E-state index is 0.0116. The highest BCUT2D eigenvalue weighted by Crippen LogP contribution is 2.31. The number of nitrogens with zero attached hydrogens (tertiary/aromatic N) is 1. The molecule has 0 aromatic heterocycles. The molecule has 1 heterocycles. The molecular formula is C19H25N3O4S. The van der Waals surface area contributed by atoms with Gasteiger partial charge in [0.25, 0.3) is 0 Å². The van der Waals surface area contributed by atoms with Crippen LogP contribution in [0.15, 0.2) is 41.8 Å². The van der Waals surface area contributed by atoms with Crippen LogP contribution in [0.3, 0.4) is 0 Å². The molecule has 2 fully saturated rings. The predicted octanol–water partition coefficient (Wildman–Crippen LogP) is 1.88. The molecule has 0 unspecified atom stereocenters. The Balaban J connectivity index is 1.63. The Hall–Kier alpha value is -2.19. The Bertz CT molecular complexity index is 836. The number of amides is 2. The highest BCUT2D eigenvalue weighted by molar-refractivity contribution is 7.89. The third-order valence-corrected chi connectivity index (χ3v) is 7.06. The van der Waals surface area contributed by atoms with Gasteiger partial charge in [0.2, 0.25) is 21.8 Å². The molecule has 0 radical (unpaired) electrons. The van der Waals surface area contributed by atoms with Gasteiger partial charge in [-0.3, -0.25) is 9.59 Å². The van der Waals surface area contributed by atoms with E-state index in [0.717, 1.165) is 12.8 Å². The van der Waals surface area contributed by atoms with E-state index < -0.39 is 15.6 Å². The first-order valence-corrected chi connectivity index (χ1v) is 10.5. The summed E-state index contributed by atoms with van der Waals surface area (Å²) < 4.78 is 27.2. The normalized spacial score (nSPS) is 19.9. The van der Waals surface area contributed by atoms with Crippen molar-refractivity contribution in [3.05, 3.63) is 36.9 Å². The molecule has 1 aromatic rings. The molecule has 1 aromatic carbocycles. The fourth-order valence-corrected chi connectivity index (χ4v) is 4.58. The van der Waals surface area contributed by atoms with Crippen LogP contribution >= 0.6 is 0 Å². The van der Waals surface area contributed by atoms with Crippen molar-refractivity contribution in [1.29, 1.82) is 0 Å². The predicted molar refractivity (Wildman–Crippen MR) is 103 cm³/mol. The lowest BCUT2D eigenvalue weighted by atomic mass is 9.90. The van der Waals surface area contributed by atoms with E-state index >= 15 is 0 Å². The number of nitrogens with one attached hydrogen (secondary N) is 2. The quantitative estimate of drug-likeness (QED) is 0.724. The van der Waals surface area contributed by atoms with Crippen molar-refractivity contribution in [2.24, 2.45) is 5.92 Å². The number of sulfonamides is 1. The molecule has 146 valence electrons. The van der Waals surface area contributed by atoms with Gasteiger partial charge in [0, 0.05) is 30.2 Å². The van der Waals surface area contributed by atoms with E-state index in [0.29, 0.717) is 31.6 Å². The summed E-state index contributed by atoms with van der Waals surface area (Å²) in [5, 5.41) is 5.68. The second-order valence-corrected chi connectivity index (χ2v) is 9.38. The van der Waals surface area contributed by atoms with Crippen LogP contribution in [0.2, 0.25) is 0 Å². The first kappa shape index (κ1) is 19.6. The Morgan fingerprint density at radius 2 is 1.78 bits per heavy atom. The molecular weight excluding hydrogens is 366 g/mol. The van der Waals surface area contributed by atoms with E-state index in [2.05, 4.69) is 17.2 Å². The van der Waals surface area contributed by atoms with E-state index in [1.165, 1.54) is 22.5 Å². The van der Waals surface area contributed by atoms with Crippen molar-refractivity contribution in [3.8, 4) is 0 Å². The lowest BCUT2D eigenvalue weighted by Crippen LogP contribution is -2.53. The molecule has 3 rings (SSSR count). The fourth-order valence-electron chi connectivity index (χ4n) is 3.14. The van der Waals surface area contributed by atoms with E-state index in [1.807, 2.05) is 6.92 Å². The zero-order valence-electron chi connectivity index (χ0n) is 15.4. The second kappa shape index (κ2) is 7.44. The SMILES string of the molecule is C=CC(=O)NC1(C)CCN(S(=O)(=O)c2ccc(NC(=O)C3CC3)cc2)CC1. The molecule has 1 aliphatic heterocycles. The first-order valence-electron chi connectivity index (χ1n) is 9.09. The van der Waals surface area contributed by atoms with Crippen molar-refractivity contribution < 1.29 is 18.0 Å². The van der Waals surface area contributed by atoms with Gasteiger partial charge in [-0.25, -0.2) is 8.42 Å². The van der Waals surface area contributed by atoms with Crippen LogP contribution in [0.1, 0.15) is 32.6 Å². The Kier molecular flexibility index (Phi) is 5.39. The summed E-state index contributed by atoms with van der Waals surface area (Å²) in [5.74, 6) is -0.169. The largest absolute Gasteiger partial charge is 0.347 e. The van der Waals surface area contributed by atoms with Gasteiger partial charge < -0.3 is 10.6 Å². The molecule has 0 atom stereocenters. The van der Waals surface area contributed by atoms with Crippen molar-refractivity contribution in [3.63, 3.8) is 0 Å². The van der Waals surface area contributed by atoms with E-state index in [-0.39, 0.29) is 22.6 Å². The van der Waals surface area contributed by atoms with Crippen LogP contribution in [0.25, 0.3) is 0 Å². The molecule has 1 aliphatic carbocycles. The Labute approximate surface area is 159 Å². The van der Waals surface area contributed by atoms with Crippen molar-refractivity contribution in [2.45, 2.75) is 43.0 Å². The number of carbonyl (C=O) groups is 2. The first-order chi connectivity index (χ1) is 12.7. The standard InChI is InChI=1S/C19H25N3O4S/c1-3-17(23)21-19(2)10-12-22(13-11-19)27(25,26)16-8-6-15(7-9-16)20-18(24)14-4-5-14/h3,6-9,14H,1,4-5,10-13H2,2H3,(H,20,24)(H,21,23). The topological polar surface area (TPSA) is 95.6 Å². The lowest BCUT2D eigenvalue weighted by Gasteiger charge is -2.39. The van der Waals surface area contributed by atoms with E-state index in [9.17, 15) is 18.0 Å². The van der Waals surface area contributed by atoms with Crippen LogP contribution < -0.4 is 10.6 Å². The number of rotatable bonds is 6. The maximum Gasteiger partial charge on any atom is 0.243 e. The molecule has 1 saturated heterocycles. The van der Waals surface area contributed by atoms with Crippen molar-refractivity contribution in [1.82, 2.24) is 9.62 Å². The lowest BCUT2D eigenvalue weighted by molar-refractivity contribution is -0.119. The molecule has 7 nitrogen and oxygen atoms in total. The van der Waals surface area contributed by atoms with Gasteiger partial charge >= 0.3 is 0 Å². The Morgan fingerprint density at radius 3 is 2.30 bits per heavy atom. The van der Waals surface area contributed by atoms with Gasteiger partial charge in [-0.05, 0) is 62.9 Å². The van der Waals surface area contributed by atoms with Crippen LogP contribution in [-0.4, -0.2) is 43.2 Å². The van der Waals surface area contributed by atoms with Gasteiger partial charge in [0.05, 0.1) is 4.90 Å². The van der Waals surface area contributed by atoms with Crippen molar-refractivity contribution in [2.75, 3.05) is 18.4 Å². The fraction of sp³-hybridized carbons (Fsp3) is 0.474. The number of anilines is 1. The Morgan fingerprint density at radius 1 is 1.19 bits per heavy atom. The molecule has 2 amide bonds. The third kappa shape index (κ3) is 4.56. The van der Waals surface area contributed by atoms with Crippen LogP contribution in [0, 0.1) is 5.92 Å². The highest BCUT2D eigenvalue weighted by atomic mass is 32.2. The summed E-state index contributed by atoms with van der Waals surface area (Å²) in [5.41, 5.74) is 0.165. The summed E-state index contributed by atoms with van der Waals surface area (Å²) in [6.07, 6.45) is 4.11. The maximum atomic E-state index is 12.9. The summed E-state index contributed by atoms with van der Waals surface area (Å²) in [7, 11) is -3.61. The molecule has 27 heavy (non-hydrogen) atoms. The van der Waals surface area contributed by atoms with Crippen LogP contribution in [-0.2, 0) is 19.6 Å². The summed E-state index contributed by atoms with van der Waals surface area (Å²) in [4.78, 5) is 23.5. The molecule has 1 saturated carbocycles. The highest BCUT2D eigenvalue weighted by Gasteiger charge is 2.36. The zero-order valence-corrected chi connectivity index (χ0v) is 16.2. The van der Waals surface area contributed by atoms with Crippen molar-refractivity contribution >= 4 is 27.5 Å². The molecule has 0 bridgehead atoms. The summed E-state index contributed by atoms with van der Waals surface area (Å²) >= 11 is 0. The second-order valence-electron chi connectivity index (χ2n) is 7.45. The summed E-state index contributed by atoms with van der Waals surface area (Å²) in [6.45, 7) is 6.02. The van der Waals surface area contributed by atoms with Gasteiger partial charge in [0.15, 0.2) is 0 Å². The maximum absolute atomic E-state index is 12.9. The number of hydrogen-bond acceptors (Lipinski definition) is 4. The summed E-state index contributed by atoms with van der Waals surface area (Å²) in [6, 6.07) is 6.27. The van der Waals surface area contributed by atoms with Gasteiger partial charge in [-0.1, -0.05) is 6.58 Å². The average molecular weight is 391 g/mol. The van der Waals surface area contributed by atoms with Crippen LogP contribution in [0.5, 0.6) is 0 Å². The molecule has 2 aliphatic rings. The van der Waals surface area contributed by atoms with Gasteiger partial charge in [-0.15, -0.1) is 0 Å². The number of hydrogen-bond donors (Lipinski definition) is 2. The molecule has 2 N–H and O–H groups in total. The molecule has 0 spiro atoms. The smallest absolute Gasteiger partial charge is 0.243 e. The third-order valence-electron chi connectivity index (χ3n) is 5.14. The minimum Gasteiger partial charge on any atom is -0.347 e. The van der Waals surface area contributed by atoms with Crippen LogP contribution in [0.4, 0.5) is 5.69 Å². The number of benzene rings is 1. The monoisotopic (exact) mass is 391 g/mol. The van der Waals surface area contributed by atoms with Gasteiger partial charge in [0.1, 0.15) is 0 Å².